The second-order valence-corrected chi connectivity index (χ2v) is 7.70. The van der Waals surface area contributed by atoms with E-state index in [1.807, 2.05) is 31.2 Å². The highest BCUT2D eigenvalue weighted by Crippen LogP contribution is 2.29. The lowest BCUT2D eigenvalue weighted by molar-refractivity contribution is -0.904. The molecule has 0 bridgehead atoms. The molecule has 0 aliphatic heterocycles. The first-order valence-electron chi connectivity index (χ1n) is 10.3. The highest BCUT2D eigenvalue weighted by atomic mass is 16.2. The average molecular weight is 391 g/mol. The Bertz CT molecular complexity index is 1080. The molecule has 0 saturated carbocycles. The minimum Gasteiger partial charge on any atom is -0.344 e. The van der Waals surface area contributed by atoms with Crippen molar-refractivity contribution in [2.75, 3.05) is 13.1 Å². The normalized spacial score (nSPS) is 16.9. The smallest absolute Gasteiger partial charge is 0.275 e. The molecule has 1 heterocycles. The van der Waals surface area contributed by atoms with Crippen LogP contribution in [0.3, 0.4) is 0 Å². The van der Waals surface area contributed by atoms with Gasteiger partial charge in [0.15, 0.2) is 12.4 Å². The maximum Gasteiger partial charge on any atom is 0.275 e. The molecule has 2 atom stereocenters. The fourth-order valence-corrected chi connectivity index (χ4v) is 4.14. The van der Waals surface area contributed by atoms with Crippen LogP contribution in [-0.2, 0) is 17.8 Å². The van der Waals surface area contributed by atoms with Crippen molar-refractivity contribution in [3.63, 3.8) is 0 Å². The topological polar surface area (TPSA) is 79.3 Å². The van der Waals surface area contributed by atoms with Crippen LogP contribution in [0.2, 0.25) is 0 Å². The van der Waals surface area contributed by atoms with Crippen LogP contribution >= 0.6 is 0 Å². The minimum absolute atomic E-state index is 0.0340. The number of quaternary nitrogens is 1. The predicted molar refractivity (Wildman–Crippen MR) is 113 cm³/mol. The summed E-state index contributed by atoms with van der Waals surface area (Å²) in [7, 11) is 0. The zero-order chi connectivity index (χ0) is 20.2. The van der Waals surface area contributed by atoms with Crippen LogP contribution < -0.4 is 15.8 Å². The molecule has 1 unspecified atom stereocenters. The van der Waals surface area contributed by atoms with Gasteiger partial charge in [0.25, 0.3) is 11.5 Å². The van der Waals surface area contributed by atoms with Crippen LogP contribution in [0.1, 0.15) is 42.8 Å². The van der Waals surface area contributed by atoms with E-state index in [0.717, 1.165) is 30.7 Å². The van der Waals surface area contributed by atoms with Crippen molar-refractivity contribution in [3.05, 3.63) is 75.8 Å². The van der Waals surface area contributed by atoms with Crippen LogP contribution in [0.4, 0.5) is 0 Å². The van der Waals surface area contributed by atoms with Crippen LogP contribution in [0, 0.1) is 0 Å². The number of hydrogen-bond donors (Lipinski definition) is 3. The summed E-state index contributed by atoms with van der Waals surface area (Å²) in [5.41, 5.74) is 3.13. The molecule has 150 valence electrons. The number of carbonyl (C=O) groups is 1. The van der Waals surface area contributed by atoms with Crippen LogP contribution in [-0.4, -0.2) is 29.0 Å². The number of para-hydroxylation sites is 1. The SMILES string of the molecule is CC[NH+](CC(=O)N[C@@H]1CCCc2ccccc21)Cc1nc2ccccc2c(=O)[nH]1. The average Bonchev–Trinajstić information content (AvgIpc) is 2.73. The van der Waals surface area contributed by atoms with E-state index in [1.165, 1.54) is 11.1 Å². The van der Waals surface area contributed by atoms with Crippen molar-refractivity contribution in [1.82, 2.24) is 15.3 Å². The van der Waals surface area contributed by atoms with E-state index >= 15 is 0 Å². The monoisotopic (exact) mass is 391 g/mol. The summed E-state index contributed by atoms with van der Waals surface area (Å²) in [5, 5.41) is 3.80. The van der Waals surface area contributed by atoms with Crippen molar-refractivity contribution in [1.29, 1.82) is 0 Å². The van der Waals surface area contributed by atoms with Gasteiger partial charge in [-0.15, -0.1) is 0 Å². The third-order valence-electron chi connectivity index (χ3n) is 5.69. The zero-order valence-corrected chi connectivity index (χ0v) is 16.7. The first-order valence-corrected chi connectivity index (χ1v) is 10.3. The number of carbonyl (C=O) groups excluding carboxylic acids is 1. The highest BCUT2D eigenvalue weighted by Gasteiger charge is 2.23. The van der Waals surface area contributed by atoms with Gasteiger partial charge in [-0.3, -0.25) is 9.59 Å². The lowest BCUT2D eigenvalue weighted by atomic mass is 9.88. The number of amides is 1. The van der Waals surface area contributed by atoms with Crippen LogP contribution in [0.15, 0.2) is 53.3 Å². The quantitative estimate of drug-likeness (QED) is 0.596. The van der Waals surface area contributed by atoms with E-state index < -0.39 is 0 Å². The Morgan fingerprint density at radius 1 is 1.21 bits per heavy atom. The molecule has 2 aromatic carbocycles. The van der Waals surface area contributed by atoms with E-state index in [2.05, 4.69) is 33.5 Å². The maximum atomic E-state index is 12.7. The Morgan fingerprint density at radius 3 is 2.86 bits per heavy atom. The van der Waals surface area contributed by atoms with E-state index in [4.69, 9.17) is 0 Å². The number of H-pyrrole nitrogens is 1. The molecule has 4 rings (SSSR count). The van der Waals surface area contributed by atoms with Crippen molar-refractivity contribution < 1.29 is 9.69 Å². The summed E-state index contributed by atoms with van der Waals surface area (Å²) in [6.07, 6.45) is 3.15. The van der Waals surface area contributed by atoms with Crippen molar-refractivity contribution in [2.45, 2.75) is 38.8 Å². The Labute approximate surface area is 170 Å². The number of benzene rings is 2. The third-order valence-corrected chi connectivity index (χ3v) is 5.69. The lowest BCUT2D eigenvalue weighted by Crippen LogP contribution is -3.11. The summed E-state index contributed by atoms with van der Waals surface area (Å²) in [4.78, 5) is 33.5. The number of fused-ring (bicyclic) bond motifs is 2. The number of nitrogens with zero attached hydrogens (tertiary/aromatic N) is 1. The second kappa shape index (κ2) is 8.57. The van der Waals surface area contributed by atoms with Gasteiger partial charge < -0.3 is 15.2 Å². The number of nitrogens with one attached hydrogen (secondary N) is 3. The molecular formula is C23H27N4O2+. The first-order chi connectivity index (χ1) is 14.1. The van der Waals surface area contributed by atoms with E-state index in [9.17, 15) is 9.59 Å². The molecule has 1 amide bonds. The first kappa shape index (κ1) is 19.3. The lowest BCUT2D eigenvalue weighted by Gasteiger charge is -2.27. The summed E-state index contributed by atoms with van der Waals surface area (Å²) < 4.78 is 0. The van der Waals surface area contributed by atoms with Gasteiger partial charge in [0.1, 0.15) is 6.54 Å². The summed E-state index contributed by atoms with van der Waals surface area (Å²) >= 11 is 0. The Balaban J connectivity index is 1.43. The van der Waals surface area contributed by atoms with Gasteiger partial charge in [-0.1, -0.05) is 36.4 Å². The molecule has 3 N–H and O–H groups in total. The number of aryl methyl sites for hydroxylation is 1. The van der Waals surface area contributed by atoms with Gasteiger partial charge in [0.2, 0.25) is 0 Å². The summed E-state index contributed by atoms with van der Waals surface area (Å²) in [6, 6.07) is 15.8. The molecule has 0 spiro atoms. The van der Waals surface area contributed by atoms with Gasteiger partial charge >= 0.3 is 0 Å². The Hall–Kier alpha value is -2.99. The molecule has 1 aliphatic carbocycles. The van der Waals surface area contributed by atoms with Gasteiger partial charge in [-0.05, 0) is 49.4 Å². The Morgan fingerprint density at radius 2 is 2.00 bits per heavy atom. The van der Waals surface area contributed by atoms with Crippen molar-refractivity contribution in [3.8, 4) is 0 Å². The number of rotatable bonds is 6. The largest absolute Gasteiger partial charge is 0.344 e. The minimum atomic E-state index is -0.135. The fraction of sp³-hybridized carbons (Fsp3) is 0.348. The number of likely N-dealkylation sites (N-methyl/N-ethyl adjacent to an activating group) is 1. The van der Waals surface area contributed by atoms with Gasteiger partial charge in [0.05, 0.1) is 23.5 Å². The summed E-state index contributed by atoms with van der Waals surface area (Å²) in [6.45, 7) is 3.67. The fourth-order valence-electron chi connectivity index (χ4n) is 4.14. The molecule has 1 aliphatic rings. The van der Waals surface area contributed by atoms with Gasteiger partial charge in [-0.2, -0.15) is 0 Å². The van der Waals surface area contributed by atoms with E-state index in [-0.39, 0.29) is 17.5 Å². The van der Waals surface area contributed by atoms with Crippen LogP contribution in [0.5, 0.6) is 0 Å². The third kappa shape index (κ3) is 4.38. The highest BCUT2D eigenvalue weighted by molar-refractivity contribution is 5.78. The maximum absolute atomic E-state index is 12.7. The molecule has 6 heteroatoms. The van der Waals surface area contributed by atoms with E-state index in [0.29, 0.717) is 29.8 Å². The van der Waals surface area contributed by atoms with E-state index in [1.54, 1.807) is 6.07 Å². The standard InChI is InChI=1S/C23H26N4O2/c1-2-27(14-21-24-20-12-6-5-11-18(20)23(29)26-21)15-22(28)25-19-13-7-9-16-8-3-4-10-17(16)19/h3-6,8,10-12,19H,2,7,9,13-15H2,1H3,(H,25,28)(H,24,26,29)/p+1/t19-/m1/s1. The summed E-state index contributed by atoms with van der Waals surface area (Å²) in [5.74, 6) is 0.646. The molecule has 29 heavy (non-hydrogen) atoms. The second-order valence-electron chi connectivity index (χ2n) is 7.70. The molecule has 3 aromatic rings. The van der Waals surface area contributed by atoms with Crippen LogP contribution in [0.25, 0.3) is 10.9 Å². The number of aromatic amines is 1. The molecule has 6 nitrogen and oxygen atoms in total. The predicted octanol–water partition coefficient (Wildman–Crippen LogP) is 1.52. The molecular weight excluding hydrogens is 364 g/mol. The van der Waals surface area contributed by atoms with Crippen molar-refractivity contribution in [2.24, 2.45) is 0 Å². The van der Waals surface area contributed by atoms with Gasteiger partial charge in [0, 0.05) is 0 Å². The number of aromatic nitrogens is 2. The Kier molecular flexibility index (Phi) is 5.71. The molecule has 1 aromatic heterocycles. The molecule has 0 saturated heterocycles. The zero-order valence-electron chi connectivity index (χ0n) is 16.7. The number of hydrogen-bond acceptors (Lipinski definition) is 3. The molecule has 0 fully saturated rings. The van der Waals surface area contributed by atoms with Gasteiger partial charge in [-0.25, -0.2) is 4.98 Å². The van der Waals surface area contributed by atoms with Crippen molar-refractivity contribution >= 4 is 16.8 Å². The molecule has 0 radical (unpaired) electrons.